The van der Waals surface area contributed by atoms with Gasteiger partial charge in [-0.15, -0.1) is 0 Å². The molecule has 2 aliphatic rings. The number of pyridine rings is 1. The van der Waals surface area contributed by atoms with Crippen molar-refractivity contribution in [3.8, 4) is 28.7 Å². The molecule has 1 saturated heterocycles. The average molecular weight is 595 g/mol. The first-order chi connectivity index (χ1) is 21.3. The van der Waals surface area contributed by atoms with E-state index in [-0.39, 0.29) is 48.5 Å². The number of fused-ring (bicyclic) bond motifs is 8. The Kier molecular flexibility index (Phi) is 7.92. The molecular formula is C32H27FN6O5. The fourth-order valence-corrected chi connectivity index (χ4v) is 5.25. The third kappa shape index (κ3) is 6.37. The molecule has 2 aromatic heterocycles. The van der Waals surface area contributed by atoms with Gasteiger partial charge in [-0.3, -0.25) is 19.4 Å². The molecule has 6 rings (SSSR count). The van der Waals surface area contributed by atoms with Crippen LogP contribution in [0.25, 0.3) is 11.1 Å². The zero-order chi connectivity index (χ0) is 30.6. The number of rotatable bonds is 1. The summed E-state index contributed by atoms with van der Waals surface area (Å²) in [4.78, 5) is 48.0. The molecule has 3 amide bonds. The highest BCUT2D eigenvalue weighted by Gasteiger charge is 2.35. The summed E-state index contributed by atoms with van der Waals surface area (Å²) >= 11 is 0. The number of aromatic amines is 1. The van der Waals surface area contributed by atoms with Gasteiger partial charge in [0.25, 0.3) is 17.7 Å². The highest BCUT2D eigenvalue weighted by atomic mass is 19.1. The summed E-state index contributed by atoms with van der Waals surface area (Å²) in [5.41, 5.74) is 2.73. The minimum atomic E-state index is -0.681. The van der Waals surface area contributed by atoms with E-state index in [1.165, 1.54) is 30.6 Å². The second-order valence-electron chi connectivity index (χ2n) is 10.5. The predicted octanol–water partition coefficient (Wildman–Crippen LogP) is 3.19. The molecule has 0 unspecified atom stereocenters. The number of piperidine rings is 1. The number of hydrogen-bond acceptors (Lipinski definition) is 7. The topological polar surface area (TPSA) is 149 Å². The fourth-order valence-electron chi connectivity index (χ4n) is 5.25. The van der Waals surface area contributed by atoms with E-state index in [0.717, 1.165) is 5.56 Å². The molecule has 2 atom stereocenters. The lowest BCUT2D eigenvalue weighted by molar-refractivity contribution is -0.123. The van der Waals surface area contributed by atoms with Gasteiger partial charge in [0.05, 0.1) is 17.2 Å². The normalized spacial score (nSPS) is 18.5. The first-order valence-corrected chi connectivity index (χ1v) is 13.9. The Morgan fingerprint density at radius 3 is 2.75 bits per heavy atom. The van der Waals surface area contributed by atoms with E-state index in [9.17, 15) is 18.8 Å². The summed E-state index contributed by atoms with van der Waals surface area (Å²) < 4.78 is 26.5. The Balaban J connectivity index is 1.33. The van der Waals surface area contributed by atoms with E-state index < -0.39 is 23.9 Å². The molecule has 4 aromatic rings. The van der Waals surface area contributed by atoms with E-state index in [4.69, 9.17) is 14.7 Å². The van der Waals surface area contributed by atoms with Gasteiger partial charge in [0.2, 0.25) is 0 Å². The molecular weight excluding hydrogens is 567 g/mol. The van der Waals surface area contributed by atoms with Crippen molar-refractivity contribution in [1.29, 1.82) is 5.26 Å². The molecule has 0 aliphatic carbocycles. The second-order valence-corrected chi connectivity index (χ2v) is 10.5. The lowest BCUT2D eigenvalue weighted by Crippen LogP contribution is -2.58. The lowest BCUT2D eigenvalue weighted by Gasteiger charge is -2.38. The van der Waals surface area contributed by atoms with Gasteiger partial charge in [0, 0.05) is 56.3 Å². The van der Waals surface area contributed by atoms with Gasteiger partial charge >= 0.3 is 0 Å². The van der Waals surface area contributed by atoms with Crippen LogP contribution in [0.4, 0.5) is 4.39 Å². The number of likely N-dealkylation sites (tertiary alicyclic amines) is 1. The van der Waals surface area contributed by atoms with Crippen molar-refractivity contribution < 1.29 is 28.2 Å². The largest absolute Gasteiger partial charge is 0.488 e. The number of H-pyrrole nitrogens is 1. The van der Waals surface area contributed by atoms with Crippen LogP contribution in [0, 0.1) is 17.1 Å². The molecule has 0 spiro atoms. The summed E-state index contributed by atoms with van der Waals surface area (Å²) in [5, 5.41) is 14.9. The highest BCUT2D eigenvalue weighted by molar-refractivity contribution is 5.96. The Labute approximate surface area is 251 Å². The Morgan fingerprint density at radius 1 is 1.05 bits per heavy atom. The number of amides is 3. The van der Waals surface area contributed by atoms with Crippen molar-refractivity contribution in [3.63, 3.8) is 0 Å². The van der Waals surface area contributed by atoms with Crippen LogP contribution in [0.15, 0.2) is 73.2 Å². The quantitative estimate of drug-likeness (QED) is 0.306. The predicted molar refractivity (Wildman–Crippen MR) is 155 cm³/mol. The minimum absolute atomic E-state index is 0.0435. The number of hydrogen-bond donors (Lipinski definition) is 3. The SMILES string of the molecule is N#Cc1c[nH]c(C(=O)N2CC[C@@H]3Oc4cc(F)cc(c4)CNC(=O)COc4cccc(c4)-c4cncc(c4)C(=O)N[C@@H]3C2)c1. The Morgan fingerprint density at radius 2 is 1.91 bits per heavy atom. The molecule has 11 nitrogen and oxygen atoms in total. The fraction of sp³-hybridized carbons (Fsp3) is 0.219. The van der Waals surface area contributed by atoms with Crippen LogP contribution < -0.4 is 20.1 Å². The Hall–Kier alpha value is -5.70. The zero-order valence-electron chi connectivity index (χ0n) is 23.4. The van der Waals surface area contributed by atoms with Gasteiger partial charge in [-0.1, -0.05) is 12.1 Å². The van der Waals surface area contributed by atoms with Crippen molar-refractivity contribution in [2.75, 3.05) is 19.7 Å². The van der Waals surface area contributed by atoms with Crippen molar-refractivity contribution in [2.24, 2.45) is 0 Å². The maximum atomic E-state index is 14.6. The molecule has 3 N–H and O–H groups in total. The maximum Gasteiger partial charge on any atom is 0.270 e. The van der Waals surface area contributed by atoms with Crippen LogP contribution in [0.2, 0.25) is 0 Å². The van der Waals surface area contributed by atoms with E-state index in [0.29, 0.717) is 35.4 Å². The molecule has 0 radical (unpaired) electrons. The van der Waals surface area contributed by atoms with Crippen LogP contribution in [0.3, 0.4) is 0 Å². The van der Waals surface area contributed by atoms with Crippen LogP contribution in [-0.4, -0.2) is 64.4 Å². The number of benzene rings is 2. The van der Waals surface area contributed by atoms with Gasteiger partial charge in [-0.25, -0.2) is 4.39 Å². The van der Waals surface area contributed by atoms with Crippen LogP contribution in [0.1, 0.15) is 38.4 Å². The van der Waals surface area contributed by atoms with E-state index in [2.05, 4.69) is 20.6 Å². The number of nitrogens with zero attached hydrogens (tertiary/aromatic N) is 3. The third-order valence-electron chi connectivity index (χ3n) is 7.44. The molecule has 6 bridgehead atoms. The number of nitrogens with one attached hydrogen (secondary N) is 3. The maximum absolute atomic E-state index is 14.6. The molecule has 44 heavy (non-hydrogen) atoms. The average Bonchev–Trinajstić information content (AvgIpc) is 3.52. The number of carbonyl (C=O) groups is 3. The van der Waals surface area contributed by atoms with Gasteiger partial charge < -0.3 is 30.0 Å². The second kappa shape index (κ2) is 12.3. The van der Waals surface area contributed by atoms with Crippen LogP contribution >= 0.6 is 0 Å². The minimum Gasteiger partial charge on any atom is -0.488 e. The lowest BCUT2D eigenvalue weighted by atomic mass is 10.00. The van der Waals surface area contributed by atoms with Gasteiger partial charge in [-0.05, 0) is 47.5 Å². The summed E-state index contributed by atoms with van der Waals surface area (Å²) in [6.07, 6.45) is 4.22. The van der Waals surface area contributed by atoms with Crippen LogP contribution in [-0.2, 0) is 11.3 Å². The summed E-state index contributed by atoms with van der Waals surface area (Å²) in [6.45, 7) is 0.188. The summed E-state index contributed by atoms with van der Waals surface area (Å²) in [7, 11) is 0. The van der Waals surface area contributed by atoms with Crippen molar-refractivity contribution in [3.05, 3.63) is 101 Å². The van der Waals surface area contributed by atoms with E-state index >= 15 is 0 Å². The number of carbonyl (C=O) groups excluding carboxylic acids is 3. The number of halogens is 1. The van der Waals surface area contributed by atoms with Gasteiger partial charge in [0.1, 0.15) is 35.2 Å². The smallest absolute Gasteiger partial charge is 0.270 e. The summed E-state index contributed by atoms with van der Waals surface area (Å²) in [6, 6.07) is 15.7. The first kappa shape index (κ1) is 28.4. The zero-order valence-corrected chi connectivity index (χ0v) is 23.4. The monoisotopic (exact) mass is 594 g/mol. The number of nitriles is 1. The van der Waals surface area contributed by atoms with E-state index in [1.807, 2.05) is 12.1 Å². The van der Waals surface area contributed by atoms with Crippen molar-refractivity contribution >= 4 is 17.7 Å². The summed E-state index contributed by atoms with van der Waals surface area (Å²) in [5.74, 6) is -1.04. The Bertz CT molecular complexity index is 1780. The van der Waals surface area contributed by atoms with Crippen molar-refractivity contribution in [1.82, 2.24) is 25.5 Å². The number of aromatic nitrogens is 2. The molecule has 0 saturated carbocycles. The van der Waals surface area contributed by atoms with Gasteiger partial charge in [-0.2, -0.15) is 5.26 Å². The van der Waals surface area contributed by atoms with Crippen LogP contribution in [0.5, 0.6) is 11.5 Å². The molecule has 4 heterocycles. The third-order valence-corrected chi connectivity index (χ3v) is 7.44. The van der Waals surface area contributed by atoms with Crippen molar-refractivity contribution in [2.45, 2.75) is 25.1 Å². The molecule has 2 aliphatic heterocycles. The van der Waals surface area contributed by atoms with Gasteiger partial charge in [0.15, 0.2) is 6.61 Å². The molecule has 1 fully saturated rings. The number of ether oxygens (including phenoxy) is 2. The molecule has 2 aromatic carbocycles. The molecule has 12 heteroatoms. The standard InChI is InChI=1S/C32H27FN6O5/c33-24-6-19-7-26(11-24)44-29-4-5-39(32(42)27-8-20(12-34)14-36-27)17-28(29)38-31(41)23-9-22(15-35-16-23)21-2-1-3-25(10-21)43-18-30(40)37-13-19/h1-3,6-11,14-16,28-29,36H,4-5,13,17-18H2,(H,37,40)(H,38,41)/t28-,29+/m1/s1. The van der Waals surface area contributed by atoms with E-state index in [1.54, 1.807) is 41.4 Å². The first-order valence-electron chi connectivity index (χ1n) is 13.9. The highest BCUT2D eigenvalue weighted by Crippen LogP contribution is 2.26. The molecule has 222 valence electrons.